The van der Waals surface area contributed by atoms with Crippen LogP contribution in [0.1, 0.15) is 12.0 Å². The Kier molecular flexibility index (Phi) is 2.67. The van der Waals surface area contributed by atoms with Gasteiger partial charge in [-0.25, -0.2) is 0 Å². The molecule has 15 heavy (non-hydrogen) atoms. The first kappa shape index (κ1) is 10.5. The molecule has 80 valence electrons. The lowest BCUT2D eigenvalue weighted by molar-refractivity contribution is -0.124. The third-order valence-corrected chi connectivity index (χ3v) is 2.87. The molecule has 1 N–H and O–H groups in total. The van der Waals surface area contributed by atoms with E-state index in [0.717, 1.165) is 11.3 Å². The van der Waals surface area contributed by atoms with Gasteiger partial charge in [-0.3, -0.25) is 4.79 Å². The minimum Gasteiger partial charge on any atom is -0.383 e. The number of carbonyl (C=O) groups excluding carboxylic acids is 1. The molecule has 0 aliphatic carbocycles. The van der Waals surface area contributed by atoms with Gasteiger partial charge >= 0.3 is 0 Å². The zero-order valence-corrected chi connectivity index (χ0v) is 9.16. The van der Waals surface area contributed by atoms with Crippen LogP contribution in [0.25, 0.3) is 0 Å². The van der Waals surface area contributed by atoms with Crippen molar-refractivity contribution in [2.24, 2.45) is 0 Å². The lowest BCUT2D eigenvalue weighted by Crippen LogP contribution is -2.29. The van der Waals surface area contributed by atoms with Crippen molar-refractivity contribution in [2.45, 2.75) is 19.4 Å². The van der Waals surface area contributed by atoms with Crippen molar-refractivity contribution >= 4 is 23.2 Å². The first-order valence-corrected chi connectivity index (χ1v) is 5.23. The van der Waals surface area contributed by atoms with E-state index < -0.39 is 6.10 Å². The SMILES string of the molecule is Cc1ccc(Cl)cc1N1CCC(O)C1=O. The van der Waals surface area contributed by atoms with Gasteiger partial charge in [0.25, 0.3) is 5.91 Å². The maximum atomic E-state index is 11.6. The second-order valence-electron chi connectivity index (χ2n) is 3.73. The van der Waals surface area contributed by atoms with Gasteiger partial charge in [0, 0.05) is 23.7 Å². The summed E-state index contributed by atoms with van der Waals surface area (Å²) in [5.74, 6) is -0.236. The van der Waals surface area contributed by atoms with Gasteiger partial charge in [0.1, 0.15) is 6.10 Å². The molecule has 1 fully saturated rings. The Morgan fingerprint density at radius 1 is 1.53 bits per heavy atom. The Balaban J connectivity index is 2.37. The molecule has 1 unspecified atom stereocenters. The highest BCUT2D eigenvalue weighted by molar-refractivity contribution is 6.31. The minimum atomic E-state index is -0.858. The smallest absolute Gasteiger partial charge is 0.255 e. The fourth-order valence-electron chi connectivity index (χ4n) is 1.78. The van der Waals surface area contributed by atoms with Crippen LogP contribution in [0.2, 0.25) is 5.02 Å². The molecule has 0 spiro atoms. The quantitative estimate of drug-likeness (QED) is 0.791. The summed E-state index contributed by atoms with van der Waals surface area (Å²) in [6.45, 7) is 2.48. The molecule has 1 atom stereocenters. The van der Waals surface area contributed by atoms with E-state index in [-0.39, 0.29) is 5.91 Å². The van der Waals surface area contributed by atoms with Crippen molar-refractivity contribution in [3.05, 3.63) is 28.8 Å². The molecule has 1 aliphatic rings. The van der Waals surface area contributed by atoms with Gasteiger partial charge in [0.15, 0.2) is 0 Å². The van der Waals surface area contributed by atoms with Gasteiger partial charge in [-0.05, 0) is 24.6 Å². The summed E-state index contributed by atoms with van der Waals surface area (Å²) in [5, 5.41) is 9.97. The number of aliphatic hydroxyl groups is 1. The van der Waals surface area contributed by atoms with E-state index in [2.05, 4.69) is 0 Å². The Morgan fingerprint density at radius 2 is 2.27 bits per heavy atom. The molecule has 0 aromatic heterocycles. The van der Waals surface area contributed by atoms with Crippen LogP contribution in [-0.2, 0) is 4.79 Å². The second-order valence-corrected chi connectivity index (χ2v) is 4.16. The Hall–Kier alpha value is -1.06. The fraction of sp³-hybridized carbons (Fsp3) is 0.364. The van der Waals surface area contributed by atoms with Gasteiger partial charge < -0.3 is 10.0 Å². The summed E-state index contributed by atoms with van der Waals surface area (Å²) < 4.78 is 0. The molecule has 1 saturated heterocycles. The Morgan fingerprint density at radius 3 is 2.87 bits per heavy atom. The summed E-state index contributed by atoms with van der Waals surface area (Å²) in [7, 11) is 0. The molecular formula is C11H12ClNO2. The third kappa shape index (κ3) is 1.85. The maximum Gasteiger partial charge on any atom is 0.255 e. The highest BCUT2D eigenvalue weighted by atomic mass is 35.5. The van der Waals surface area contributed by atoms with Crippen LogP contribution in [0.3, 0.4) is 0 Å². The summed E-state index contributed by atoms with van der Waals surface area (Å²) in [6.07, 6.45) is -0.367. The number of hydrogen-bond acceptors (Lipinski definition) is 2. The number of rotatable bonds is 1. The molecule has 3 nitrogen and oxygen atoms in total. The van der Waals surface area contributed by atoms with E-state index >= 15 is 0 Å². The van der Waals surface area contributed by atoms with Gasteiger partial charge in [-0.15, -0.1) is 0 Å². The number of carbonyl (C=O) groups is 1. The largest absolute Gasteiger partial charge is 0.383 e. The van der Waals surface area contributed by atoms with Crippen LogP contribution in [0, 0.1) is 6.92 Å². The molecule has 1 amide bonds. The molecule has 1 aliphatic heterocycles. The topological polar surface area (TPSA) is 40.5 Å². The number of hydrogen-bond donors (Lipinski definition) is 1. The fourth-order valence-corrected chi connectivity index (χ4v) is 1.94. The molecule has 0 saturated carbocycles. The van der Waals surface area contributed by atoms with Crippen molar-refractivity contribution < 1.29 is 9.90 Å². The molecular weight excluding hydrogens is 214 g/mol. The van der Waals surface area contributed by atoms with Crippen LogP contribution < -0.4 is 4.90 Å². The molecule has 0 radical (unpaired) electrons. The summed E-state index contributed by atoms with van der Waals surface area (Å²) >= 11 is 5.88. The van der Waals surface area contributed by atoms with E-state index in [4.69, 9.17) is 11.6 Å². The van der Waals surface area contributed by atoms with E-state index in [1.807, 2.05) is 13.0 Å². The maximum absolute atomic E-state index is 11.6. The Labute approximate surface area is 93.3 Å². The van der Waals surface area contributed by atoms with E-state index in [9.17, 15) is 9.90 Å². The zero-order valence-electron chi connectivity index (χ0n) is 8.40. The number of amides is 1. The summed E-state index contributed by atoms with van der Waals surface area (Å²) in [5.41, 5.74) is 1.78. The predicted octanol–water partition coefficient (Wildman–Crippen LogP) is 1.75. The molecule has 0 bridgehead atoms. The van der Waals surface area contributed by atoms with Crippen LogP contribution in [-0.4, -0.2) is 23.7 Å². The van der Waals surface area contributed by atoms with E-state index in [0.29, 0.717) is 18.0 Å². The van der Waals surface area contributed by atoms with E-state index in [1.54, 1.807) is 17.0 Å². The van der Waals surface area contributed by atoms with Crippen LogP contribution in [0.4, 0.5) is 5.69 Å². The average Bonchev–Trinajstić information content (AvgIpc) is 2.52. The number of halogens is 1. The number of aryl methyl sites for hydroxylation is 1. The highest BCUT2D eigenvalue weighted by Gasteiger charge is 2.31. The molecule has 1 aromatic carbocycles. The summed E-state index contributed by atoms with van der Waals surface area (Å²) in [6, 6.07) is 5.42. The molecule has 1 heterocycles. The van der Waals surface area contributed by atoms with Crippen LogP contribution in [0.15, 0.2) is 18.2 Å². The van der Waals surface area contributed by atoms with E-state index in [1.165, 1.54) is 0 Å². The zero-order chi connectivity index (χ0) is 11.0. The summed E-state index contributed by atoms with van der Waals surface area (Å²) in [4.78, 5) is 13.2. The molecule has 4 heteroatoms. The van der Waals surface area contributed by atoms with Gasteiger partial charge in [-0.1, -0.05) is 17.7 Å². The molecule has 1 aromatic rings. The average molecular weight is 226 g/mol. The van der Waals surface area contributed by atoms with Crippen LogP contribution in [0.5, 0.6) is 0 Å². The lowest BCUT2D eigenvalue weighted by Gasteiger charge is -2.18. The van der Waals surface area contributed by atoms with Crippen molar-refractivity contribution in [1.29, 1.82) is 0 Å². The number of benzene rings is 1. The Bertz CT molecular complexity index is 406. The number of nitrogens with zero attached hydrogens (tertiary/aromatic N) is 1. The van der Waals surface area contributed by atoms with Crippen molar-refractivity contribution in [3.63, 3.8) is 0 Å². The molecule has 2 rings (SSSR count). The highest BCUT2D eigenvalue weighted by Crippen LogP contribution is 2.27. The third-order valence-electron chi connectivity index (χ3n) is 2.64. The van der Waals surface area contributed by atoms with Gasteiger partial charge in [0.2, 0.25) is 0 Å². The standard InChI is InChI=1S/C11H12ClNO2/c1-7-2-3-8(12)6-9(7)13-5-4-10(14)11(13)15/h2-3,6,10,14H,4-5H2,1H3. The number of anilines is 1. The lowest BCUT2D eigenvalue weighted by atomic mass is 10.2. The minimum absolute atomic E-state index is 0.236. The first-order valence-electron chi connectivity index (χ1n) is 4.85. The predicted molar refractivity (Wildman–Crippen MR) is 59.2 cm³/mol. The van der Waals surface area contributed by atoms with Crippen molar-refractivity contribution in [3.8, 4) is 0 Å². The van der Waals surface area contributed by atoms with Gasteiger partial charge in [0.05, 0.1) is 0 Å². The first-order chi connectivity index (χ1) is 7.09. The number of aliphatic hydroxyl groups excluding tert-OH is 1. The van der Waals surface area contributed by atoms with Crippen molar-refractivity contribution in [1.82, 2.24) is 0 Å². The van der Waals surface area contributed by atoms with Crippen LogP contribution >= 0.6 is 11.6 Å². The second kappa shape index (κ2) is 3.83. The normalized spacial score (nSPS) is 21.1. The monoisotopic (exact) mass is 225 g/mol. The van der Waals surface area contributed by atoms with Crippen molar-refractivity contribution in [2.75, 3.05) is 11.4 Å². The van der Waals surface area contributed by atoms with Gasteiger partial charge in [-0.2, -0.15) is 0 Å².